The minimum absolute atomic E-state index is 0.188. The molecule has 3 rings (SSSR count). The lowest BCUT2D eigenvalue weighted by Gasteiger charge is -2.15. The van der Waals surface area contributed by atoms with Gasteiger partial charge < -0.3 is 9.30 Å². The Bertz CT molecular complexity index is 919. The van der Waals surface area contributed by atoms with Gasteiger partial charge in [-0.3, -0.25) is 0 Å². The quantitative estimate of drug-likeness (QED) is 0.539. The zero-order valence-corrected chi connectivity index (χ0v) is 15.7. The number of benzene rings is 2. The number of hydrogen-bond donors (Lipinski definition) is 0. The van der Waals surface area contributed by atoms with Crippen LogP contribution in [0.15, 0.2) is 47.6 Å². The maximum absolute atomic E-state index is 13.7. The third kappa shape index (κ3) is 4.16. The fourth-order valence-electron chi connectivity index (χ4n) is 2.38. The van der Waals surface area contributed by atoms with E-state index < -0.39 is 11.9 Å². The molecule has 26 heavy (non-hydrogen) atoms. The molecule has 1 atom stereocenters. The third-order valence-corrected chi connectivity index (χ3v) is 5.11. The molecule has 0 saturated carbocycles. The number of aromatic nitrogens is 3. The van der Waals surface area contributed by atoms with Crippen molar-refractivity contribution >= 4 is 23.4 Å². The number of ether oxygens (including phenoxy) is 1. The molecule has 0 radical (unpaired) electrons. The Balaban J connectivity index is 1.70. The molecule has 0 aliphatic carbocycles. The molecule has 1 unspecified atom stereocenters. The summed E-state index contributed by atoms with van der Waals surface area (Å²) >= 11 is 7.37. The first-order valence-corrected chi connectivity index (χ1v) is 9.19. The van der Waals surface area contributed by atoms with Crippen molar-refractivity contribution in [3.63, 3.8) is 0 Å². The lowest BCUT2D eigenvalue weighted by atomic mass is 10.2. The molecule has 0 bridgehead atoms. The Morgan fingerprint density at radius 3 is 2.69 bits per heavy atom. The molecule has 0 N–H and O–H groups in total. The fraction of sp³-hybridized carbons (Fsp3) is 0.222. The van der Waals surface area contributed by atoms with E-state index in [4.69, 9.17) is 16.3 Å². The Labute approximate surface area is 159 Å². The highest BCUT2D eigenvalue weighted by Crippen LogP contribution is 2.30. The molecule has 0 amide bonds. The van der Waals surface area contributed by atoms with Gasteiger partial charge in [0.25, 0.3) is 0 Å². The van der Waals surface area contributed by atoms with Gasteiger partial charge in [-0.1, -0.05) is 41.6 Å². The predicted molar refractivity (Wildman–Crippen MR) is 97.4 cm³/mol. The minimum Gasteiger partial charge on any atom is -0.481 e. The second kappa shape index (κ2) is 8.05. The summed E-state index contributed by atoms with van der Waals surface area (Å²) in [4.78, 5) is 0. The zero-order valence-electron chi connectivity index (χ0n) is 14.1. The van der Waals surface area contributed by atoms with Gasteiger partial charge in [0.2, 0.25) is 0 Å². The summed E-state index contributed by atoms with van der Waals surface area (Å²) in [6.07, 6.45) is -0.446. The highest BCUT2D eigenvalue weighted by Gasteiger charge is 2.18. The first kappa shape index (κ1) is 18.7. The summed E-state index contributed by atoms with van der Waals surface area (Å²) in [7, 11) is 1.81. The summed E-state index contributed by atoms with van der Waals surface area (Å²) < 4.78 is 34.4. The van der Waals surface area contributed by atoms with Gasteiger partial charge >= 0.3 is 0 Å². The van der Waals surface area contributed by atoms with E-state index >= 15 is 0 Å². The molecule has 0 saturated heterocycles. The van der Waals surface area contributed by atoms with Crippen molar-refractivity contribution in [2.45, 2.75) is 23.9 Å². The smallest absolute Gasteiger partial charge is 0.191 e. The molecule has 2 aromatic carbocycles. The molecule has 8 heteroatoms. The summed E-state index contributed by atoms with van der Waals surface area (Å²) in [5, 5.41) is 9.12. The highest BCUT2D eigenvalue weighted by molar-refractivity contribution is 7.98. The maximum atomic E-state index is 13.7. The predicted octanol–water partition coefficient (Wildman–Crippen LogP) is 5.18. The normalized spacial score (nSPS) is 12.2. The van der Waals surface area contributed by atoms with Crippen molar-refractivity contribution in [2.75, 3.05) is 0 Å². The number of hydrogen-bond acceptors (Lipinski definition) is 4. The standard InChI is InChI=1S/C18H16ClF2N3OS/c1-11(25-16-8-7-13(20)9-14(16)19)17-22-23-18(24(17)2)26-10-12-5-3-4-6-15(12)21/h3-9,11H,10H2,1-2H3. The van der Waals surface area contributed by atoms with Gasteiger partial charge in [-0.2, -0.15) is 0 Å². The molecule has 3 aromatic rings. The van der Waals surface area contributed by atoms with E-state index in [9.17, 15) is 8.78 Å². The number of halogens is 3. The van der Waals surface area contributed by atoms with Gasteiger partial charge in [0.1, 0.15) is 17.4 Å². The lowest BCUT2D eigenvalue weighted by Crippen LogP contribution is -2.10. The van der Waals surface area contributed by atoms with E-state index in [0.29, 0.717) is 28.0 Å². The molecular formula is C18H16ClF2N3OS. The molecule has 0 aliphatic heterocycles. The first-order valence-electron chi connectivity index (χ1n) is 7.83. The van der Waals surface area contributed by atoms with E-state index in [-0.39, 0.29) is 10.8 Å². The largest absolute Gasteiger partial charge is 0.481 e. The second-order valence-corrected chi connectivity index (χ2v) is 6.96. The fourth-order valence-corrected chi connectivity index (χ4v) is 3.49. The Kier molecular flexibility index (Phi) is 5.78. The first-order chi connectivity index (χ1) is 12.5. The van der Waals surface area contributed by atoms with Crippen LogP contribution >= 0.6 is 23.4 Å². The molecule has 0 spiro atoms. The SMILES string of the molecule is CC(Oc1ccc(F)cc1Cl)c1nnc(SCc2ccccc2F)n1C. The van der Waals surface area contributed by atoms with E-state index in [2.05, 4.69) is 10.2 Å². The van der Waals surface area contributed by atoms with Crippen molar-refractivity contribution < 1.29 is 13.5 Å². The van der Waals surface area contributed by atoms with E-state index in [0.717, 1.165) is 0 Å². The number of rotatable bonds is 6. The van der Waals surface area contributed by atoms with Crippen LogP contribution in [-0.4, -0.2) is 14.8 Å². The van der Waals surface area contributed by atoms with Gasteiger partial charge in [0.05, 0.1) is 5.02 Å². The maximum Gasteiger partial charge on any atom is 0.191 e. The Morgan fingerprint density at radius 1 is 1.19 bits per heavy atom. The van der Waals surface area contributed by atoms with Crippen molar-refractivity contribution in [1.29, 1.82) is 0 Å². The van der Waals surface area contributed by atoms with Gasteiger partial charge in [0.15, 0.2) is 17.1 Å². The van der Waals surface area contributed by atoms with Gasteiger partial charge in [0, 0.05) is 12.8 Å². The van der Waals surface area contributed by atoms with Crippen LogP contribution in [0.3, 0.4) is 0 Å². The Morgan fingerprint density at radius 2 is 1.96 bits per heavy atom. The molecule has 4 nitrogen and oxygen atoms in total. The highest BCUT2D eigenvalue weighted by atomic mass is 35.5. The Hall–Kier alpha value is -2.12. The van der Waals surface area contributed by atoms with E-state index in [1.165, 1.54) is 36.0 Å². The monoisotopic (exact) mass is 395 g/mol. The molecule has 1 aromatic heterocycles. The van der Waals surface area contributed by atoms with Crippen LogP contribution < -0.4 is 4.74 Å². The molecule has 0 aliphatic rings. The average Bonchev–Trinajstić information content (AvgIpc) is 2.97. The van der Waals surface area contributed by atoms with E-state index in [1.54, 1.807) is 29.7 Å². The van der Waals surface area contributed by atoms with Crippen LogP contribution in [0.5, 0.6) is 5.75 Å². The number of nitrogens with zero attached hydrogens (tertiary/aromatic N) is 3. The molecule has 136 valence electrons. The van der Waals surface area contributed by atoms with Crippen LogP contribution in [0.4, 0.5) is 8.78 Å². The summed E-state index contributed by atoms with van der Waals surface area (Å²) in [5.74, 6) is 0.716. The number of thioether (sulfide) groups is 1. The van der Waals surface area contributed by atoms with Crippen LogP contribution in [0, 0.1) is 11.6 Å². The minimum atomic E-state index is -0.446. The summed E-state index contributed by atoms with van der Waals surface area (Å²) in [6.45, 7) is 1.80. The summed E-state index contributed by atoms with van der Waals surface area (Å²) in [6, 6.07) is 10.6. The zero-order chi connectivity index (χ0) is 18.7. The van der Waals surface area contributed by atoms with Gasteiger partial charge in [-0.05, 0) is 36.8 Å². The van der Waals surface area contributed by atoms with Crippen molar-refractivity contribution in [3.8, 4) is 5.75 Å². The molecule has 0 fully saturated rings. The average molecular weight is 396 g/mol. The van der Waals surface area contributed by atoms with Crippen LogP contribution in [-0.2, 0) is 12.8 Å². The van der Waals surface area contributed by atoms with Crippen LogP contribution in [0.2, 0.25) is 5.02 Å². The van der Waals surface area contributed by atoms with Gasteiger partial charge in [-0.25, -0.2) is 8.78 Å². The van der Waals surface area contributed by atoms with Crippen molar-refractivity contribution in [2.24, 2.45) is 7.05 Å². The van der Waals surface area contributed by atoms with Gasteiger partial charge in [-0.15, -0.1) is 10.2 Å². The topological polar surface area (TPSA) is 39.9 Å². The van der Waals surface area contributed by atoms with Crippen molar-refractivity contribution in [3.05, 3.63) is 70.5 Å². The second-order valence-electron chi connectivity index (χ2n) is 5.61. The van der Waals surface area contributed by atoms with Crippen LogP contribution in [0.1, 0.15) is 24.4 Å². The molecule has 1 heterocycles. The van der Waals surface area contributed by atoms with Crippen LogP contribution in [0.25, 0.3) is 0 Å². The summed E-state index contributed by atoms with van der Waals surface area (Å²) in [5.41, 5.74) is 0.601. The third-order valence-electron chi connectivity index (χ3n) is 3.74. The molecular weight excluding hydrogens is 380 g/mol. The van der Waals surface area contributed by atoms with Crippen molar-refractivity contribution in [1.82, 2.24) is 14.8 Å². The lowest BCUT2D eigenvalue weighted by molar-refractivity contribution is 0.211. The van der Waals surface area contributed by atoms with E-state index in [1.807, 2.05) is 7.05 Å².